The molecule has 0 spiro atoms. The molecule has 2 aromatic rings. The predicted octanol–water partition coefficient (Wildman–Crippen LogP) is 3.02. The van der Waals surface area contributed by atoms with Crippen LogP contribution in [0.3, 0.4) is 0 Å². The van der Waals surface area contributed by atoms with E-state index >= 15 is 0 Å². The molecular weight excluding hydrogens is 318 g/mol. The van der Waals surface area contributed by atoms with Gasteiger partial charge in [-0.3, -0.25) is 4.79 Å². The molecule has 0 saturated carbocycles. The van der Waals surface area contributed by atoms with Crippen molar-refractivity contribution in [2.24, 2.45) is 0 Å². The number of likely N-dealkylation sites (tertiary alicyclic amines) is 1. The van der Waals surface area contributed by atoms with Crippen LogP contribution in [0, 0.1) is 0 Å². The number of hydrogen-bond acceptors (Lipinski definition) is 3. The largest absolute Gasteiger partial charge is 0.469 e. The van der Waals surface area contributed by atoms with Gasteiger partial charge in [0.05, 0.1) is 6.26 Å². The molecule has 3 rings (SSSR count). The molecule has 0 aliphatic carbocycles. The zero-order valence-corrected chi connectivity index (χ0v) is 14.1. The molecule has 0 bridgehead atoms. The Balaban J connectivity index is 1.38. The van der Waals surface area contributed by atoms with Gasteiger partial charge in [-0.15, -0.1) is 0 Å². The number of carbonyl (C=O) groups excluding carboxylic acids is 2. The summed E-state index contributed by atoms with van der Waals surface area (Å²) in [7, 11) is 0. The van der Waals surface area contributed by atoms with E-state index in [-0.39, 0.29) is 18.0 Å². The van der Waals surface area contributed by atoms with E-state index in [1.807, 2.05) is 42.5 Å². The van der Waals surface area contributed by atoms with Gasteiger partial charge in [-0.25, -0.2) is 4.79 Å². The van der Waals surface area contributed by atoms with Crippen LogP contribution in [0.15, 0.2) is 53.1 Å². The minimum atomic E-state index is -0.0891. The van der Waals surface area contributed by atoms with Crippen molar-refractivity contribution in [2.45, 2.75) is 31.7 Å². The minimum absolute atomic E-state index is 0.0311. The van der Waals surface area contributed by atoms with Crippen LogP contribution in [0.5, 0.6) is 0 Å². The molecule has 1 fully saturated rings. The number of anilines is 1. The Morgan fingerprint density at radius 3 is 2.52 bits per heavy atom. The van der Waals surface area contributed by atoms with Crippen molar-refractivity contribution in [3.8, 4) is 0 Å². The fourth-order valence-corrected chi connectivity index (χ4v) is 2.94. The quantitative estimate of drug-likeness (QED) is 0.878. The van der Waals surface area contributed by atoms with E-state index in [4.69, 9.17) is 4.42 Å². The molecule has 0 atom stereocenters. The van der Waals surface area contributed by atoms with Gasteiger partial charge < -0.3 is 20.0 Å². The first kappa shape index (κ1) is 17.1. The van der Waals surface area contributed by atoms with Crippen molar-refractivity contribution in [1.29, 1.82) is 0 Å². The Kier molecular flexibility index (Phi) is 5.72. The van der Waals surface area contributed by atoms with Crippen molar-refractivity contribution >= 4 is 17.6 Å². The van der Waals surface area contributed by atoms with Gasteiger partial charge in [0, 0.05) is 37.7 Å². The molecule has 2 heterocycles. The number of furan rings is 1. The molecule has 0 radical (unpaired) electrons. The second kappa shape index (κ2) is 8.37. The van der Waals surface area contributed by atoms with Gasteiger partial charge in [-0.2, -0.15) is 0 Å². The van der Waals surface area contributed by atoms with Gasteiger partial charge >= 0.3 is 6.03 Å². The highest BCUT2D eigenvalue weighted by Gasteiger charge is 2.23. The molecule has 1 aliphatic heterocycles. The highest BCUT2D eigenvalue weighted by Crippen LogP contribution is 2.13. The van der Waals surface area contributed by atoms with Gasteiger partial charge in [-0.05, 0) is 37.1 Å². The smallest absolute Gasteiger partial charge is 0.321 e. The number of rotatable bonds is 5. The molecule has 6 heteroatoms. The third-order valence-electron chi connectivity index (χ3n) is 4.35. The lowest BCUT2D eigenvalue weighted by Gasteiger charge is -2.32. The van der Waals surface area contributed by atoms with Crippen LogP contribution in [0.2, 0.25) is 0 Å². The van der Waals surface area contributed by atoms with Gasteiger partial charge in [0.1, 0.15) is 5.76 Å². The second-order valence-electron chi connectivity index (χ2n) is 6.20. The fraction of sp³-hybridized carbons (Fsp3) is 0.368. The summed E-state index contributed by atoms with van der Waals surface area (Å²) >= 11 is 0. The van der Waals surface area contributed by atoms with E-state index in [2.05, 4.69) is 10.6 Å². The molecule has 25 heavy (non-hydrogen) atoms. The Hall–Kier alpha value is -2.76. The van der Waals surface area contributed by atoms with E-state index < -0.39 is 0 Å². The van der Waals surface area contributed by atoms with Crippen LogP contribution in [-0.4, -0.2) is 36.0 Å². The Morgan fingerprint density at radius 2 is 1.84 bits per heavy atom. The molecule has 1 aliphatic rings. The highest BCUT2D eigenvalue weighted by atomic mass is 16.3. The molecule has 6 nitrogen and oxygen atoms in total. The summed E-state index contributed by atoms with van der Waals surface area (Å²) in [5, 5.41) is 5.94. The lowest BCUT2D eigenvalue weighted by atomic mass is 10.0. The number of nitrogens with one attached hydrogen (secondary N) is 2. The average Bonchev–Trinajstić information content (AvgIpc) is 3.15. The normalized spacial score (nSPS) is 15.0. The number of benzene rings is 1. The van der Waals surface area contributed by atoms with Crippen LogP contribution in [0.25, 0.3) is 0 Å². The number of para-hydroxylation sites is 1. The van der Waals surface area contributed by atoms with E-state index in [0.29, 0.717) is 25.9 Å². The lowest BCUT2D eigenvalue weighted by Crippen LogP contribution is -2.47. The number of piperidine rings is 1. The van der Waals surface area contributed by atoms with Crippen molar-refractivity contribution in [2.75, 3.05) is 18.4 Å². The summed E-state index contributed by atoms with van der Waals surface area (Å²) < 4.78 is 5.23. The summed E-state index contributed by atoms with van der Waals surface area (Å²) in [5.74, 6) is 0.853. The van der Waals surface area contributed by atoms with Crippen molar-refractivity contribution < 1.29 is 14.0 Å². The fourth-order valence-electron chi connectivity index (χ4n) is 2.94. The minimum Gasteiger partial charge on any atom is -0.469 e. The first-order chi connectivity index (χ1) is 12.2. The van der Waals surface area contributed by atoms with Crippen LogP contribution in [-0.2, 0) is 11.2 Å². The summed E-state index contributed by atoms with van der Waals surface area (Å²) in [4.78, 5) is 26.1. The SMILES string of the molecule is O=C(CCc1ccco1)NC1CCN(C(=O)Nc2ccccc2)CC1. The Morgan fingerprint density at radius 1 is 1.08 bits per heavy atom. The zero-order valence-electron chi connectivity index (χ0n) is 14.1. The third-order valence-corrected chi connectivity index (χ3v) is 4.35. The monoisotopic (exact) mass is 341 g/mol. The topological polar surface area (TPSA) is 74.6 Å². The maximum absolute atomic E-state index is 12.2. The van der Waals surface area contributed by atoms with Crippen LogP contribution in [0.4, 0.5) is 10.5 Å². The molecule has 2 N–H and O–H groups in total. The van der Waals surface area contributed by atoms with E-state index in [1.165, 1.54) is 0 Å². The number of aryl methyl sites for hydroxylation is 1. The highest BCUT2D eigenvalue weighted by molar-refractivity contribution is 5.89. The molecule has 1 saturated heterocycles. The summed E-state index contributed by atoms with van der Waals surface area (Å²) in [6, 6.07) is 13.2. The third kappa shape index (κ3) is 5.11. The number of nitrogens with zero attached hydrogens (tertiary/aromatic N) is 1. The lowest BCUT2D eigenvalue weighted by molar-refractivity contribution is -0.122. The standard InChI is InChI=1S/C19H23N3O3/c23-18(9-8-17-7-4-14-25-17)20-16-10-12-22(13-11-16)19(24)21-15-5-2-1-3-6-15/h1-7,14,16H,8-13H2,(H,20,23)(H,21,24). The van der Waals surface area contributed by atoms with Crippen LogP contribution >= 0.6 is 0 Å². The van der Waals surface area contributed by atoms with Gasteiger partial charge in [0.2, 0.25) is 5.91 Å². The predicted molar refractivity (Wildman–Crippen MR) is 95.2 cm³/mol. The summed E-state index contributed by atoms with van der Waals surface area (Å²) in [6.45, 7) is 1.28. The molecular formula is C19H23N3O3. The molecule has 0 unspecified atom stereocenters. The van der Waals surface area contributed by atoms with Gasteiger partial charge in [-0.1, -0.05) is 18.2 Å². The Bertz CT molecular complexity index is 677. The zero-order chi connectivity index (χ0) is 17.5. The average molecular weight is 341 g/mol. The van der Waals surface area contributed by atoms with E-state index in [1.54, 1.807) is 11.2 Å². The number of urea groups is 1. The summed E-state index contributed by atoms with van der Waals surface area (Å²) in [5.41, 5.74) is 0.792. The van der Waals surface area contributed by atoms with Gasteiger partial charge in [0.25, 0.3) is 0 Å². The Labute approximate surface area is 147 Å². The van der Waals surface area contributed by atoms with Gasteiger partial charge in [0.15, 0.2) is 0 Å². The second-order valence-corrected chi connectivity index (χ2v) is 6.20. The number of hydrogen-bond donors (Lipinski definition) is 2. The van der Waals surface area contributed by atoms with E-state index in [9.17, 15) is 9.59 Å². The number of amides is 3. The van der Waals surface area contributed by atoms with Crippen LogP contribution < -0.4 is 10.6 Å². The first-order valence-electron chi connectivity index (χ1n) is 8.63. The number of carbonyl (C=O) groups is 2. The molecule has 1 aromatic carbocycles. The molecule has 132 valence electrons. The first-order valence-corrected chi connectivity index (χ1v) is 8.63. The maximum atomic E-state index is 12.2. The molecule has 3 amide bonds. The van der Waals surface area contributed by atoms with Crippen molar-refractivity contribution in [3.63, 3.8) is 0 Å². The molecule has 1 aromatic heterocycles. The van der Waals surface area contributed by atoms with Crippen molar-refractivity contribution in [3.05, 3.63) is 54.5 Å². The van der Waals surface area contributed by atoms with E-state index in [0.717, 1.165) is 24.3 Å². The van der Waals surface area contributed by atoms with Crippen molar-refractivity contribution in [1.82, 2.24) is 10.2 Å². The van der Waals surface area contributed by atoms with Crippen LogP contribution in [0.1, 0.15) is 25.0 Å². The maximum Gasteiger partial charge on any atom is 0.321 e. The summed E-state index contributed by atoms with van der Waals surface area (Å²) in [6.07, 6.45) is 4.19.